The van der Waals surface area contributed by atoms with Gasteiger partial charge in [-0.3, -0.25) is 9.59 Å². The highest BCUT2D eigenvalue weighted by molar-refractivity contribution is 7.18. The third-order valence-corrected chi connectivity index (χ3v) is 6.28. The number of ketones is 1. The number of benzene rings is 2. The summed E-state index contributed by atoms with van der Waals surface area (Å²) >= 11 is 1.61. The first-order chi connectivity index (χ1) is 14.2. The lowest BCUT2D eigenvalue weighted by molar-refractivity contribution is -0.148. The lowest BCUT2D eigenvalue weighted by atomic mass is 9.83. The number of hydrogen-bond donors (Lipinski definition) is 0. The molecule has 1 heterocycles. The summed E-state index contributed by atoms with van der Waals surface area (Å²) in [6, 6.07) is 14.9. The van der Waals surface area contributed by atoms with E-state index in [1.54, 1.807) is 35.6 Å². The first kappa shape index (κ1) is 19.3. The van der Waals surface area contributed by atoms with Gasteiger partial charge in [0, 0.05) is 5.92 Å². The van der Waals surface area contributed by atoms with Crippen LogP contribution in [-0.4, -0.2) is 30.5 Å². The van der Waals surface area contributed by atoms with Crippen LogP contribution >= 0.6 is 11.3 Å². The Hall–Kier alpha value is -2.99. The first-order valence-electron chi connectivity index (χ1n) is 9.50. The van der Waals surface area contributed by atoms with Gasteiger partial charge in [-0.05, 0) is 37.1 Å². The van der Waals surface area contributed by atoms with Crippen molar-refractivity contribution in [2.45, 2.75) is 18.8 Å². The molecule has 5 nitrogen and oxygen atoms in total. The summed E-state index contributed by atoms with van der Waals surface area (Å²) in [6.45, 7) is -0.300. The molecular weight excluding hydrogens is 386 g/mol. The number of Topliss-reactive ketones (excluding diaryl/α,β-unsaturated/α-hetero) is 1. The van der Waals surface area contributed by atoms with Crippen molar-refractivity contribution in [1.82, 2.24) is 4.98 Å². The molecule has 0 amide bonds. The lowest BCUT2D eigenvalue weighted by Gasteiger charge is -2.25. The number of aromatic nitrogens is 1. The average molecular weight is 407 g/mol. The van der Waals surface area contributed by atoms with Crippen LogP contribution in [0.2, 0.25) is 0 Å². The van der Waals surface area contributed by atoms with Gasteiger partial charge >= 0.3 is 5.97 Å². The van der Waals surface area contributed by atoms with Crippen LogP contribution in [-0.2, 0) is 9.53 Å². The summed E-state index contributed by atoms with van der Waals surface area (Å²) in [7, 11) is 1.51. The van der Waals surface area contributed by atoms with E-state index in [0.29, 0.717) is 17.7 Å². The highest BCUT2D eigenvalue weighted by Crippen LogP contribution is 2.39. The fraction of sp³-hybridized carbons (Fsp3) is 0.261. The quantitative estimate of drug-likeness (QED) is 0.334. The molecule has 1 aromatic heterocycles. The Bertz CT molecular complexity index is 1040. The molecule has 0 saturated heterocycles. The third kappa shape index (κ3) is 4.07. The molecule has 2 atom stereocenters. The van der Waals surface area contributed by atoms with Gasteiger partial charge in [0.1, 0.15) is 5.75 Å². The summed E-state index contributed by atoms with van der Waals surface area (Å²) in [5.74, 6) is -0.542. The number of thiazole rings is 1. The minimum atomic E-state index is -0.359. The van der Waals surface area contributed by atoms with Crippen molar-refractivity contribution >= 4 is 33.3 Å². The number of methoxy groups -OCH3 is 1. The Morgan fingerprint density at radius 1 is 1.07 bits per heavy atom. The van der Waals surface area contributed by atoms with E-state index in [-0.39, 0.29) is 30.2 Å². The molecule has 29 heavy (non-hydrogen) atoms. The maximum absolute atomic E-state index is 12.8. The minimum Gasteiger partial charge on any atom is -0.496 e. The summed E-state index contributed by atoms with van der Waals surface area (Å²) in [5, 5.41) is 0.938. The summed E-state index contributed by atoms with van der Waals surface area (Å²) in [5.41, 5.74) is 1.36. The second-order valence-corrected chi connectivity index (χ2v) is 7.97. The van der Waals surface area contributed by atoms with Crippen molar-refractivity contribution in [3.05, 3.63) is 71.3 Å². The maximum Gasteiger partial charge on any atom is 0.310 e. The van der Waals surface area contributed by atoms with Crippen LogP contribution in [0.25, 0.3) is 10.2 Å². The van der Waals surface area contributed by atoms with Gasteiger partial charge in [0.15, 0.2) is 6.61 Å². The molecule has 4 rings (SSSR count). The zero-order valence-corrected chi connectivity index (χ0v) is 16.9. The molecule has 1 aliphatic carbocycles. The molecule has 148 valence electrons. The highest BCUT2D eigenvalue weighted by Gasteiger charge is 2.34. The Morgan fingerprint density at radius 3 is 2.66 bits per heavy atom. The molecule has 0 aliphatic heterocycles. The predicted molar refractivity (Wildman–Crippen MR) is 113 cm³/mol. The summed E-state index contributed by atoms with van der Waals surface area (Å²) in [6.07, 6.45) is 5.40. The van der Waals surface area contributed by atoms with Gasteiger partial charge in [-0.1, -0.05) is 36.4 Å². The number of hydrogen-bond acceptors (Lipinski definition) is 6. The van der Waals surface area contributed by atoms with Crippen LogP contribution in [0, 0.1) is 5.92 Å². The second-order valence-electron chi connectivity index (χ2n) is 6.91. The van der Waals surface area contributed by atoms with E-state index in [9.17, 15) is 9.59 Å². The predicted octanol–water partition coefficient (Wildman–Crippen LogP) is 4.78. The summed E-state index contributed by atoms with van der Waals surface area (Å²) in [4.78, 5) is 30.1. The molecule has 0 bridgehead atoms. The van der Waals surface area contributed by atoms with Gasteiger partial charge < -0.3 is 9.47 Å². The zero-order valence-electron chi connectivity index (χ0n) is 16.0. The van der Waals surface area contributed by atoms with Crippen molar-refractivity contribution in [1.29, 1.82) is 0 Å². The van der Waals surface area contributed by atoms with Crippen LogP contribution in [0.3, 0.4) is 0 Å². The van der Waals surface area contributed by atoms with Gasteiger partial charge in [-0.25, -0.2) is 4.98 Å². The molecule has 0 unspecified atom stereocenters. The molecule has 0 radical (unpaired) electrons. The van der Waals surface area contributed by atoms with Crippen LogP contribution in [0.4, 0.5) is 0 Å². The molecule has 0 saturated carbocycles. The molecule has 6 heteroatoms. The van der Waals surface area contributed by atoms with E-state index in [2.05, 4.69) is 6.08 Å². The molecule has 2 aromatic carbocycles. The normalized spacial score (nSPS) is 18.5. The highest BCUT2D eigenvalue weighted by atomic mass is 32.1. The zero-order chi connectivity index (χ0) is 20.2. The topological polar surface area (TPSA) is 65.5 Å². The number of carbonyl (C=O) groups excluding carboxylic acids is 2. The molecular formula is C23H21NO4S. The maximum atomic E-state index is 12.8. The number of rotatable bonds is 6. The van der Waals surface area contributed by atoms with Gasteiger partial charge in [0.25, 0.3) is 0 Å². The van der Waals surface area contributed by atoms with Gasteiger partial charge in [-0.2, -0.15) is 0 Å². The van der Waals surface area contributed by atoms with E-state index in [1.165, 1.54) is 7.11 Å². The van der Waals surface area contributed by atoms with Crippen LogP contribution in [0.1, 0.15) is 34.1 Å². The number of allylic oxidation sites excluding steroid dienone is 2. The monoisotopic (exact) mass is 407 g/mol. The Balaban J connectivity index is 1.48. The molecule has 0 N–H and O–H groups in total. The van der Waals surface area contributed by atoms with E-state index < -0.39 is 0 Å². The largest absolute Gasteiger partial charge is 0.496 e. The number of nitrogens with zero attached hydrogens (tertiary/aromatic N) is 1. The lowest BCUT2D eigenvalue weighted by Crippen LogP contribution is -2.27. The molecule has 1 aliphatic rings. The van der Waals surface area contributed by atoms with E-state index in [1.807, 2.05) is 30.3 Å². The Kier molecular flexibility index (Phi) is 5.71. The minimum absolute atomic E-state index is 0.0359. The van der Waals surface area contributed by atoms with E-state index in [0.717, 1.165) is 21.6 Å². The smallest absolute Gasteiger partial charge is 0.310 e. The fourth-order valence-corrected chi connectivity index (χ4v) is 4.74. The number of carbonyl (C=O) groups is 2. The second kappa shape index (κ2) is 8.57. The van der Waals surface area contributed by atoms with Gasteiger partial charge in [-0.15, -0.1) is 11.3 Å². The van der Waals surface area contributed by atoms with Crippen LogP contribution in [0.5, 0.6) is 5.75 Å². The third-order valence-electron chi connectivity index (χ3n) is 5.12. The van der Waals surface area contributed by atoms with Crippen LogP contribution < -0.4 is 4.74 Å². The van der Waals surface area contributed by atoms with E-state index in [4.69, 9.17) is 14.5 Å². The van der Waals surface area contributed by atoms with Crippen LogP contribution in [0.15, 0.2) is 60.7 Å². The number of para-hydroxylation sites is 2. The number of fused-ring (bicyclic) bond motifs is 1. The Morgan fingerprint density at radius 2 is 1.83 bits per heavy atom. The van der Waals surface area contributed by atoms with Crippen molar-refractivity contribution in [2.75, 3.05) is 13.7 Å². The Labute approximate surface area is 173 Å². The van der Waals surface area contributed by atoms with Crippen molar-refractivity contribution in [2.24, 2.45) is 5.92 Å². The molecule has 0 fully saturated rings. The van der Waals surface area contributed by atoms with Crippen molar-refractivity contribution in [3.63, 3.8) is 0 Å². The van der Waals surface area contributed by atoms with Crippen molar-refractivity contribution in [3.8, 4) is 5.75 Å². The standard InChI is InChI=1S/C23H21NO4S/c1-27-20-12-6-4-10-17(20)19(25)14-28-23(26)16-9-3-2-8-15(16)22-24-18-11-5-7-13-21(18)29-22/h2-7,10-13,15-16H,8-9,14H2,1H3/t15-,16+/m0/s1. The SMILES string of the molecule is COc1ccccc1C(=O)COC(=O)[C@@H]1CC=CC[C@@H]1c1nc2ccccc2s1. The number of ether oxygens (including phenoxy) is 2. The number of esters is 1. The fourth-order valence-electron chi connectivity index (χ4n) is 3.59. The molecule has 3 aromatic rings. The van der Waals surface area contributed by atoms with E-state index >= 15 is 0 Å². The van der Waals surface area contributed by atoms with Crippen molar-refractivity contribution < 1.29 is 19.1 Å². The summed E-state index contributed by atoms with van der Waals surface area (Å²) < 4.78 is 11.7. The van der Waals surface area contributed by atoms with Gasteiger partial charge in [0.05, 0.1) is 33.8 Å². The molecule has 0 spiro atoms. The van der Waals surface area contributed by atoms with Gasteiger partial charge in [0.2, 0.25) is 5.78 Å². The first-order valence-corrected chi connectivity index (χ1v) is 10.3. The average Bonchev–Trinajstić information content (AvgIpc) is 3.21.